The molecule has 0 aliphatic heterocycles. The number of aliphatic hydroxyl groups excluding tert-OH is 1. The molecule has 2 aromatic rings. The van der Waals surface area contributed by atoms with Crippen LogP contribution in [0.1, 0.15) is 34.8 Å². The number of aromatic nitrogens is 1. The van der Waals surface area contributed by atoms with E-state index in [1.54, 1.807) is 12.4 Å². The molecule has 0 radical (unpaired) electrons. The standard InChI is InChI=1S/C16H16BrNO/c17-15-6-11(9-18-10-15)7-16(19)14-5-4-12-2-1-3-13(12)8-14/h4-6,8-10,16,19H,1-3,7H2. The molecule has 2 nitrogen and oxygen atoms in total. The van der Waals surface area contributed by atoms with Crippen LogP contribution in [0, 0.1) is 0 Å². The first-order chi connectivity index (χ1) is 9.22. The highest BCUT2D eigenvalue weighted by atomic mass is 79.9. The van der Waals surface area contributed by atoms with Gasteiger partial charge in [-0.15, -0.1) is 0 Å². The maximum atomic E-state index is 10.4. The summed E-state index contributed by atoms with van der Waals surface area (Å²) in [6.45, 7) is 0. The molecule has 98 valence electrons. The molecule has 19 heavy (non-hydrogen) atoms. The minimum Gasteiger partial charge on any atom is -0.388 e. The van der Waals surface area contributed by atoms with Gasteiger partial charge in [0, 0.05) is 23.3 Å². The fourth-order valence-corrected chi connectivity index (χ4v) is 3.12. The minimum absolute atomic E-state index is 0.456. The summed E-state index contributed by atoms with van der Waals surface area (Å²) < 4.78 is 0.950. The predicted octanol–water partition coefficient (Wildman–Crippen LogP) is 3.61. The molecule has 1 aromatic carbocycles. The maximum Gasteiger partial charge on any atom is 0.0831 e. The van der Waals surface area contributed by atoms with Crippen LogP contribution >= 0.6 is 15.9 Å². The Morgan fingerprint density at radius 2 is 2.00 bits per heavy atom. The SMILES string of the molecule is OC(Cc1cncc(Br)c1)c1ccc2c(c1)CCC2. The summed E-state index contributed by atoms with van der Waals surface area (Å²) in [6.07, 6.45) is 7.28. The fraction of sp³-hybridized carbons (Fsp3) is 0.312. The summed E-state index contributed by atoms with van der Waals surface area (Å²) in [5.41, 5.74) is 4.91. The molecule has 1 heterocycles. The summed E-state index contributed by atoms with van der Waals surface area (Å²) in [7, 11) is 0. The number of pyridine rings is 1. The van der Waals surface area contributed by atoms with E-state index in [0.29, 0.717) is 6.42 Å². The number of halogens is 1. The normalized spacial score (nSPS) is 15.3. The first kappa shape index (κ1) is 12.8. The second-order valence-corrected chi connectivity index (χ2v) is 6.03. The van der Waals surface area contributed by atoms with Gasteiger partial charge in [0.2, 0.25) is 0 Å². The Kier molecular flexibility index (Phi) is 3.67. The van der Waals surface area contributed by atoms with Crippen molar-refractivity contribution in [1.29, 1.82) is 0 Å². The Hall–Kier alpha value is -1.19. The molecule has 0 saturated heterocycles. The van der Waals surface area contributed by atoms with E-state index in [1.165, 1.54) is 24.0 Å². The summed E-state index contributed by atoms with van der Waals surface area (Å²) in [5.74, 6) is 0. The van der Waals surface area contributed by atoms with Gasteiger partial charge in [-0.2, -0.15) is 0 Å². The van der Waals surface area contributed by atoms with E-state index in [0.717, 1.165) is 22.0 Å². The second-order valence-electron chi connectivity index (χ2n) is 5.11. The van der Waals surface area contributed by atoms with Crippen molar-refractivity contribution in [1.82, 2.24) is 4.98 Å². The topological polar surface area (TPSA) is 33.1 Å². The lowest BCUT2D eigenvalue weighted by Gasteiger charge is -2.12. The van der Waals surface area contributed by atoms with Gasteiger partial charge in [0.25, 0.3) is 0 Å². The largest absolute Gasteiger partial charge is 0.388 e. The fourth-order valence-electron chi connectivity index (χ4n) is 2.71. The van der Waals surface area contributed by atoms with Crippen LogP contribution in [-0.2, 0) is 19.3 Å². The molecular weight excluding hydrogens is 302 g/mol. The third kappa shape index (κ3) is 2.88. The Labute approximate surface area is 121 Å². The molecule has 1 aliphatic rings. The molecular formula is C16H16BrNO. The number of hydrogen-bond donors (Lipinski definition) is 1. The van der Waals surface area contributed by atoms with Crippen molar-refractivity contribution < 1.29 is 5.11 Å². The number of fused-ring (bicyclic) bond motifs is 1. The van der Waals surface area contributed by atoms with E-state index >= 15 is 0 Å². The van der Waals surface area contributed by atoms with Crippen molar-refractivity contribution >= 4 is 15.9 Å². The zero-order valence-corrected chi connectivity index (χ0v) is 12.2. The Morgan fingerprint density at radius 1 is 1.16 bits per heavy atom. The monoisotopic (exact) mass is 317 g/mol. The highest BCUT2D eigenvalue weighted by Gasteiger charge is 2.15. The molecule has 0 fully saturated rings. The van der Waals surface area contributed by atoms with Crippen LogP contribution in [0.15, 0.2) is 41.1 Å². The highest BCUT2D eigenvalue weighted by molar-refractivity contribution is 9.10. The molecule has 3 rings (SSSR count). The van der Waals surface area contributed by atoms with Gasteiger partial charge in [-0.05, 0) is 63.5 Å². The van der Waals surface area contributed by atoms with Crippen LogP contribution in [0.5, 0.6) is 0 Å². The number of aryl methyl sites for hydroxylation is 2. The molecule has 3 heteroatoms. The van der Waals surface area contributed by atoms with E-state index < -0.39 is 6.10 Å². The van der Waals surface area contributed by atoms with Crippen molar-refractivity contribution in [3.63, 3.8) is 0 Å². The Balaban J connectivity index is 1.78. The van der Waals surface area contributed by atoms with Crippen molar-refractivity contribution in [2.45, 2.75) is 31.8 Å². The van der Waals surface area contributed by atoms with E-state index in [9.17, 15) is 5.11 Å². The van der Waals surface area contributed by atoms with E-state index in [-0.39, 0.29) is 0 Å². The predicted molar refractivity (Wildman–Crippen MR) is 79.1 cm³/mol. The summed E-state index contributed by atoms with van der Waals surface area (Å²) in [4.78, 5) is 4.13. The van der Waals surface area contributed by atoms with Gasteiger partial charge in [-0.1, -0.05) is 18.2 Å². The molecule has 1 unspecified atom stereocenters. The second kappa shape index (κ2) is 5.43. The molecule has 0 bridgehead atoms. The average molecular weight is 318 g/mol. The molecule has 1 atom stereocenters. The molecule has 1 aromatic heterocycles. The van der Waals surface area contributed by atoms with Gasteiger partial charge in [0.1, 0.15) is 0 Å². The number of aliphatic hydroxyl groups is 1. The molecule has 1 aliphatic carbocycles. The van der Waals surface area contributed by atoms with Crippen LogP contribution in [0.2, 0.25) is 0 Å². The van der Waals surface area contributed by atoms with Gasteiger partial charge in [-0.25, -0.2) is 0 Å². The van der Waals surface area contributed by atoms with Gasteiger partial charge in [-0.3, -0.25) is 4.98 Å². The van der Waals surface area contributed by atoms with Crippen LogP contribution in [0.25, 0.3) is 0 Å². The van der Waals surface area contributed by atoms with Crippen LogP contribution < -0.4 is 0 Å². The molecule has 0 saturated carbocycles. The molecule has 1 N–H and O–H groups in total. The first-order valence-corrected chi connectivity index (χ1v) is 7.41. The van der Waals surface area contributed by atoms with Crippen LogP contribution in [0.3, 0.4) is 0 Å². The highest BCUT2D eigenvalue weighted by Crippen LogP contribution is 2.27. The number of benzene rings is 1. The number of rotatable bonds is 3. The van der Waals surface area contributed by atoms with E-state index in [2.05, 4.69) is 39.1 Å². The number of nitrogens with zero attached hydrogens (tertiary/aromatic N) is 1. The van der Waals surface area contributed by atoms with Crippen molar-refractivity contribution in [2.24, 2.45) is 0 Å². The Bertz CT molecular complexity index is 597. The quantitative estimate of drug-likeness (QED) is 0.938. The third-order valence-corrected chi connectivity index (χ3v) is 4.13. The molecule has 0 amide bonds. The van der Waals surface area contributed by atoms with E-state index in [4.69, 9.17) is 0 Å². The maximum absolute atomic E-state index is 10.4. The lowest BCUT2D eigenvalue weighted by atomic mass is 9.99. The average Bonchev–Trinajstić information content (AvgIpc) is 2.85. The first-order valence-electron chi connectivity index (χ1n) is 6.61. The lowest BCUT2D eigenvalue weighted by molar-refractivity contribution is 0.178. The molecule has 0 spiro atoms. The van der Waals surface area contributed by atoms with Crippen molar-refractivity contribution in [3.05, 3.63) is 63.4 Å². The van der Waals surface area contributed by atoms with Gasteiger partial charge < -0.3 is 5.11 Å². The Morgan fingerprint density at radius 3 is 2.84 bits per heavy atom. The van der Waals surface area contributed by atoms with E-state index in [1.807, 2.05) is 6.07 Å². The summed E-state index contributed by atoms with van der Waals surface area (Å²) in [5, 5.41) is 10.4. The van der Waals surface area contributed by atoms with Gasteiger partial charge in [0.05, 0.1) is 6.10 Å². The van der Waals surface area contributed by atoms with Crippen LogP contribution in [-0.4, -0.2) is 10.1 Å². The summed E-state index contributed by atoms with van der Waals surface area (Å²) in [6, 6.07) is 8.39. The van der Waals surface area contributed by atoms with Crippen molar-refractivity contribution in [2.75, 3.05) is 0 Å². The lowest BCUT2D eigenvalue weighted by Crippen LogP contribution is -2.03. The third-order valence-electron chi connectivity index (χ3n) is 3.70. The summed E-state index contributed by atoms with van der Waals surface area (Å²) >= 11 is 3.40. The van der Waals surface area contributed by atoms with Gasteiger partial charge >= 0.3 is 0 Å². The van der Waals surface area contributed by atoms with Crippen LogP contribution in [0.4, 0.5) is 0 Å². The minimum atomic E-state index is -0.456. The van der Waals surface area contributed by atoms with Crippen molar-refractivity contribution in [3.8, 4) is 0 Å². The number of hydrogen-bond acceptors (Lipinski definition) is 2. The van der Waals surface area contributed by atoms with Gasteiger partial charge in [0.15, 0.2) is 0 Å². The zero-order valence-electron chi connectivity index (χ0n) is 10.6. The zero-order chi connectivity index (χ0) is 13.2. The smallest absolute Gasteiger partial charge is 0.0831 e.